The van der Waals surface area contributed by atoms with E-state index in [1.165, 1.54) is 18.4 Å². The number of nitrogens with one attached hydrogen (secondary N) is 1. The number of nitrogens with two attached hydrogens (primary N) is 1. The Morgan fingerprint density at radius 1 is 1.36 bits per heavy atom. The molecule has 3 N–H and O–H groups in total. The third kappa shape index (κ3) is 2.30. The van der Waals surface area contributed by atoms with E-state index in [0.29, 0.717) is 0 Å². The molecule has 0 heterocycles. The van der Waals surface area contributed by atoms with Gasteiger partial charge in [0.15, 0.2) is 0 Å². The molecule has 0 fully saturated rings. The first-order valence-electron chi connectivity index (χ1n) is 4.16. The molecule has 2 nitrogen and oxygen atoms in total. The molecule has 0 atom stereocenters. The van der Waals surface area contributed by atoms with Gasteiger partial charge in [-0.3, -0.25) is 0 Å². The van der Waals surface area contributed by atoms with E-state index in [0.717, 1.165) is 18.5 Å². The minimum Gasteiger partial charge on any atom is -0.402 e. The van der Waals surface area contributed by atoms with Crippen LogP contribution < -0.4 is 11.1 Å². The van der Waals surface area contributed by atoms with Gasteiger partial charge >= 0.3 is 0 Å². The summed E-state index contributed by atoms with van der Waals surface area (Å²) in [5, 5.41) is 2.97. The third-order valence-corrected chi connectivity index (χ3v) is 2.01. The Labute approximate surface area is 68.2 Å². The summed E-state index contributed by atoms with van der Waals surface area (Å²) >= 11 is 0. The van der Waals surface area contributed by atoms with Crippen LogP contribution in [0.15, 0.2) is 23.5 Å². The molecule has 11 heavy (non-hydrogen) atoms. The Morgan fingerprint density at radius 3 is 2.73 bits per heavy atom. The summed E-state index contributed by atoms with van der Waals surface area (Å²) in [5.74, 6) is 0. The molecule has 1 rings (SSSR count). The van der Waals surface area contributed by atoms with Crippen molar-refractivity contribution in [1.29, 1.82) is 0 Å². The van der Waals surface area contributed by atoms with Crippen molar-refractivity contribution in [3.05, 3.63) is 23.5 Å². The highest BCUT2D eigenvalue weighted by atomic mass is 14.8. The summed E-state index contributed by atoms with van der Waals surface area (Å²) in [5.41, 5.74) is 8.20. The first kappa shape index (κ1) is 8.18. The van der Waals surface area contributed by atoms with Crippen molar-refractivity contribution >= 4 is 0 Å². The van der Waals surface area contributed by atoms with Crippen molar-refractivity contribution in [1.82, 2.24) is 5.32 Å². The van der Waals surface area contributed by atoms with Crippen LogP contribution in [0.4, 0.5) is 0 Å². The summed E-state index contributed by atoms with van der Waals surface area (Å²) in [7, 11) is 1.90. The van der Waals surface area contributed by atoms with E-state index < -0.39 is 0 Å². The van der Waals surface area contributed by atoms with Crippen LogP contribution in [0.3, 0.4) is 0 Å². The first-order chi connectivity index (χ1) is 5.34. The Balaban J connectivity index is 2.59. The van der Waals surface area contributed by atoms with Gasteiger partial charge in [-0.1, -0.05) is 0 Å². The maximum atomic E-state index is 5.82. The largest absolute Gasteiger partial charge is 0.402 e. The molecule has 0 saturated heterocycles. The zero-order chi connectivity index (χ0) is 8.10. The Morgan fingerprint density at radius 2 is 2.09 bits per heavy atom. The third-order valence-electron chi connectivity index (χ3n) is 2.01. The van der Waals surface area contributed by atoms with Gasteiger partial charge in [0, 0.05) is 12.7 Å². The highest BCUT2D eigenvalue weighted by Crippen LogP contribution is 2.21. The van der Waals surface area contributed by atoms with Crippen molar-refractivity contribution in [3.8, 4) is 0 Å². The molecule has 0 saturated carbocycles. The van der Waals surface area contributed by atoms with E-state index in [2.05, 4.69) is 11.4 Å². The topological polar surface area (TPSA) is 38.0 Å². The SMILES string of the molecule is CN/C=C\C1=C(N)CCCC1. The van der Waals surface area contributed by atoms with Crippen molar-refractivity contribution in [2.45, 2.75) is 25.7 Å². The van der Waals surface area contributed by atoms with Crippen molar-refractivity contribution < 1.29 is 0 Å². The number of rotatable bonds is 2. The predicted octanol–water partition coefficient (Wildman–Crippen LogP) is 1.51. The fraction of sp³-hybridized carbons (Fsp3) is 0.556. The molecule has 0 bridgehead atoms. The zero-order valence-corrected chi connectivity index (χ0v) is 7.06. The van der Waals surface area contributed by atoms with E-state index in [-0.39, 0.29) is 0 Å². The zero-order valence-electron chi connectivity index (χ0n) is 7.06. The molecule has 1 aliphatic carbocycles. The van der Waals surface area contributed by atoms with Crippen LogP contribution in [-0.4, -0.2) is 7.05 Å². The second-order valence-corrected chi connectivity index (χ2v) is 2.88. The van der Waals surface area contributed by atoms with Crippen LogP contribution in [-0.2, 0) is 0 Å². The highest BCUT2D eigenvalue weighted by Gasteiger charge is 2.06. The van der Waals surface area contributed by atoms with Crippen LogP contribution in [0.5, 0.6) is 0 Å². The first-order valence-corrected chi connectivity index (χ1v) is 4.16. The Kier molecular flexibility index (Phi) is 3.02. The second kappa shape index (κ2) is 4.06. The summed E-state index contributed by atoms with van der Waals surface area (Å²) in [6.07, 6.45) is 8.77. The van der Waals surface area contributed by atoms with E-state index in [1.54, 1.807) is 0 Å². The minimum absolute atomic E-state index is 1.07. The summed E-state index contributed by atoms with van der Waals surface area (Å²) < 4.78 is 0. The van der Waals surface area contributed by atoms with Gasteiger partial charge in [-0.15, -0.1) is 0 Å². The lowest BCUT2D eigenvalue weighted by molar-refractivity contribution is 0.676. The van der Waals surface area contributed by atoms with Crippen LogP contribution in [0.2, 0.25) is 0 Å². The molecule has 62 valence electrons. The molecule has 0 aliphatic heterocycles. The molecule has 2 heteroatoms. The minimum atomic E-state index is 1.07. The maximum Gasteiger partial charge on any atom is 0.0113 e. The van der Waals surface area contributed by atoms with E-state index in [9.17, 15) is 0 Å². The van der Waals surface area contributed by atoms with Gasteiger partial charge in [0.05, 0.1) is 0 Å². The van der Waals surface area contributed by atoms with Gasteiger partial charge in [-0.2, -0.15) is 0 Å². The Bertz CT molecular complexity index is 180. The molecule has 0 spiro atoms. The average Bonchev–Trinajstić information content (AvgIpc) is 2.03. The number of hydrogen-bond donors (Lipinski definition) is 2. The molecule has 0 amide bonds. The van der Waals surface area contributed by atoms with E-state index >= 15 is 0 Å². The monoisotopic (exact) mass is 152 g/mol. The fourth-order valence-electron chi connectivity index (χ4n) is 1.33. The molecule has 0 aromatic rings. The molecule has 0 radical (unpaired) electrons. The lowest BCUT2D eigenvalue weighted by Crippen LogP contribution is -2.06. The smallest absolute Gasteiger partial charge is 0.0113 e. The summed E-state index contributed by atoms with van der Waals surface area (Å²) in [4.78, 5) is 0. The molecule has 0 aromatic carbocycles. The number of hydrogen-bond acceptors (Lipinski definition) is 2. The predicted molar refractivity (Wildman–Crippen MR) is 47.9 cm³/mol. The molecular weight excluding hydrogens is 136 g/mol. The normalized spacial score (nSPS) is 19.4. The standard InChI is InChI=1S/C9H16N2/c1-11-7-6-8-4-2-3-5-9(8)10/h6-7,11H,2-5,10H2,1H3/b7-6-. The van der Waals surface area contributed by atoms with Crippen LogP contribution in [0.1, 0.15) is 25.7 Å². The lowest BCUT2D eigenvalue weighted by Gasteiger charge is -2.13. The van der Waals surface area contributed by atoms with Gasteiger partial charge in [0.2, 0.25) is 0 Å². The quantitative estimate of drug-likeness (QED) is 0.629. The molecule has 0 unspecified atom stereocenters. The maximum absolute atomic E-state index is 5.82. The molecule has 1 aliphatic rings. The van der Waals surface area contributed by atoms with Crippen molar-refractivity contribution in [2.24, 2.45) is 5.73 Å². The average molecular weight is 152 g/mol. The molecular formula is C9H16N2. The Hall–Kier alpha value is -0.920. The van der Waals surface area contributed by atoms with Gasteiger partial charge in [-0.25, -0.2) is 0 Å². The van der Waals surface area contributed by atoms with Crippen LogP contribution >= 0.6 is 0 Å². The van der Waals surface area contributed by atoms with Crippen molar-refractivity contribution in [3.63, 3.8) is 0 Å². The highest BCUT2D eigenvalue weighted by molar-refractivity contribution is 5.25. The van der Waals surface area contributed by atoms with Gasteiger partial charge in [0.1, 0.15) is 0 Å². The van der Waals surface area contributed by atoms with Crippen LogP contribution in [0, 0.1) is 0 Å². The lowest BCUT2D eigenvalue weighted by atomic mass is 9.97. The second-order valence-electron chi connectivity index (χ2n) is 2.88. The molecule has 0 aromatic heterocycles. The van der Waals surface area contributed by atoms with Crippen molar-refractivity contribution in [2.75, 3.05) is 7.05 Å². The van der Waals surface area contributed by atoms with Crippen LogP contribution in [0.25, 0.3) is 0 Å². The van der Waals surface area contributed by atoms with E-state index in [1.807, 2.05) is 13.2 Å². The summed E-state index contributed by atoms with van der Waals surface area (Å²) in [6, 6.07) is 0. The van der Waals surface area contributed by atoms with Gasteiger partial charge in [0.25, 0.3) is 0 Å². The van der Waals surface area contributed by atoms with Gasteiger partial charge < -0.3 is 11.1 Å². The summed E-state index contributed by atoms with van der Waals surface area (Å²) in [6.45, 7) is 0. The fourth-order valence-corrected chi connectivity index (χ4v) is 1.33. The number of allylic oxidation sites excluding steroid dienone is 3. The van der Waals surface area contributed by atoms with Gasteiger partial charge in [-0.05, 0) is 43.5 Å². The van der Waals surface area contributed by atoms with E-state index in [4.69, 9.17) is 5.73 Å².